The van der Waals surface area contributed by atoms with Gasteiger partial charge in [-0.2, -0.15) is 12.6 Å². The van der Waals surface area contributed by atoms with Gasteiger partial charge in [0.05, 0.1) is 16.8 Å². The smallest absolute Gasteiger partial charge is 0.266 e. The zero-order valence-corrected chi connectivity index (χ0v) is 13.4. The van der Waals surface area contributed by atoms with Crippen LogP contribution in [0.3, 0.4) is 0 Å². The lowest BCUT2D eigenvalue weighted by molar-refractivity contribution is 0.0926. The topological polar surface area (TPSA) is 63.4 Å². The summed E-state index contributed by atoms with van der Waals surface area (Å²) in [4.78, 5) is 26.3. The fourth-order valence-corrected chi connectivity index (χ4v) is 3.24. The SMILES string of the molecule is Cc1c(N2C(=O)c3ccc(Cl)cc3C2=O)ccc(N)c1CS. The summed E-state index contributed by atoms with van der Waals surface area (Å²) in [5.41, 5.74) is 9.31. The Bertz CT molecular complexity index is 820. The predicted molar refractivity (Wildman–Crippen MR) is 90.9 cm³/mol. The summed E-state index contributed by atoms with van der Waals surface area (Å²) >= 11 is 10.2. The number of anilines is 2. The molecule has 0 fully saturated rings. The Kier molecular flexibility index (Phi) is 3.62. The second kappa shape index (κ2) is 5.34. The highest BCUT2D eigenvalue weighted by Crippen LogP contribution is 2.35. The van der Waals surface area contributed by atoms with Gasteiger partial charge in [0.15, 0.2) is 0 Å². The van der Waals surface area contributed by atoms with E-state index in [1.807, 2.05) is 6.92 Å². The Morgan fingerprint density at radius 2 is 1.82 bits per heavy atom. The number of benzene rings is 2. The van der Waals surface area contributed by atoms with Crippen molar-refractivity contribution < 1.29 is 9.59 Å². The number of halogens is 1. The molecule has 22 heavy (non-hydrogen) atoms. The van der Waals surface area contributed by atoms with Crippen molar-refractivity contribution in [3.05, 3.63) is 57.6 Å². The van der Waals surface area contributed by atoms with Crippen molar-refractivity contribution in [2.24, 2.45) is 0 Å². The molecule has 3 rings (SSSR count). The van der Waals surface area contributed by atoms with Gasteiger partial charge in [-0.25, -0.2) is 4.90 Å². The van der Waals surface area contributed by atoms with Gasteiger partial charge in [0, 0.05) is 16.5 Å². The molecule has 1 heterocycles. The normalized spacial score (nSPS) is 13.7. The lowest BCUT2D eigenvalue weighted by Gasteiger charge is -2.19. The van der Waals surface area contributed by atoms with Crippen molar-refractivity contribution in [3.8, 4) is 0 Å². The number of thiol groups is 1. The number of fused-ring (bicyclic) bond motifs is 1. The lowest BCUT2D eigenvalue weighted by atomic mass is 10.0. The average molecular weight is 333 g/mol. The number of hydrogen-bond donors (Lipinski definition) is 2. The molecule has 2 N–H and O–H groups in total. The molecular formula is C16H13ClN2O2S. The van der Waals surface area contributed by atoms with E-state index in [9.17, 15) is 9.59 Å². The zero-order valence-electron chi connectivity index (χ0n) is 11.8. The van der Waals surface area contributed by atoms with Crippen LogP contribution in [-0.4, -0.2) is 11.8 Å². The van der Waals surface area contributed by atoms with E-state index in [0.29, 0.717) is 33.3 Å². The number of carbonyl (C=O) groups is 2. The minimum atomic E-state index is -0.375. The van der Waals surface area contributed by atoms with Gasteiger partial charge in [0.1, 0.15) is 0 Å². The third-order valence-corrected chi connectivity index (χ3v) is 4.41. The van der Waals surface area contributed by atoms with E-state index in [2.05, 4.69) is 12.6 Å². The highest BCUT2D eigenvalue weighted by atomic mass is 35.5. The molecule has 1 aliphatic rings. The number of nitrogen functional groups attached to an aromatic ring is 1. The van der Waals surface area contributed by atoms with Crippen LogP contribution in [0.1, 0.15) is 31.8 Å². The Balaban J connectivity index is 2.16. The van der Waals surface area contributed by atoms with Gasteiger partial charge in [-0.05, 0) is 48.4 Å². The first-order valence-electron chi connectivity index (χ1n) is 6.63. The first kappa shape index (κ1) is 14.9. The Hall–Kier alpha value is -1.98. The van der Waals surface area contributed by atoms with E-state index in [0.717, 1.165) is 11.1 Å². The van der Waals surface area contributed by atoms with Crippen molar-refractivity contribution in [3.63, 3.8) is 0 Å². The molecule has 2 aromatic carbocycles. The summed E-state index contributed by atoms with van der Waals surface area (Å²) in [6.07, 6.45) is 0. The van der Waals surface area contributed by atoms with Crippen LogP contribution in [0, 0.1) is 6.92 Å². The third-order valence-electron chi connectivity index (χ3n) is 3.85. The summed E-state index contributed by atoms with van der Waals surface area (Å²) in [5, 5.41) is 0.423. The standard InChI is InChI=1S/C16H13ClN2O2S/c1-8-12(7-22)13(18)4-5-14(8)19-15(20)10-3-2-9(17)6-11(10)16(19)21/h2-6,22H,7,18H2,1H3. The Morgan fingerprint density at radius 1 is 1.14 bits per heavy atom. The van der Waals surface area contributed by atoms with E-state index in [1.165, 1.54) is 11.0 Å². The monoisotopic (exact) mass is 332 g/mol. The summed E-state index contributed by atoms with van der Waals surface area (Å²) < 4.78 is 0. The van der Waals surface area contributed by atoms with Gasteiger partial charge in [0.25, 0.3) is 11.8 Å². The summed E-state index contributed by atoms with van der Waals surface area (Å²) in [6, 6.07) is 8.06. The molecular weight excluding hydrogens is 320 g/mol. The summed E-state index contributed by atoms with van der Waals surface area (Å²) in [6.45, 7) is 1.83. The van der Waals surface area contributed by atoms with Crippen LogP contribution >= 0.6 is 24.2 Å². The second-order valence-corrected chi connectivity index (χ2v) is 5.82. The van der Waals surface area contributed by atoms with Crippen molar-refractivity contribution in [1.82, 2.24) is 0 Å². The lowest BCUT2D eigenvalue weighted by Crippen LogP contribution is -2.30. The first-order chi connectivity index (χ1) is 10.5. The van der Waals surface area contributed by atoms with Gasteiger partial charge < -0.3 is 5.73 Å². The maximum atomic E-state index is 12.6. The highest BCUT2D eigenvalue weighted by molar-refractivity contribution is 7.79. The third kappa shape index (κ3) is 2.09. The summed E-state index contributed by atoms with van der Waals surface area (Å²) in [7, 11) is 0. The quantitative estimate of drug-likeness (QED) is 0.503. The molecule has 4 nitrogen and oxygen atoms in total. The molecule has 0 saturated heterocycles. The molecule has 6 heteroatoms. The molecule has 2 amide bonds. The average Bonchev–Trinajstić information content (AvgIpc) is 2.72. The molecule has 0 spiro atoms. The van der Waals surface area contributed by atoms with Gasteiger partial charge in [-0.3, -0.25) is 9.59 Å². The second-order valence-electron chi connectivity index (χ2n) is 5.07. The maximum Gasteiger partial charge on any atom is 0.266 e. The number of amides is 2. The Labute approximate surface area is 138 Å². The van der Waals surface area contributed by atoms with Crippen molar-refractivity contribution >= 4 is 47.4 Å². The van der Waals surface area contributed by atoms with E-state index in [1.54, 1.807) is 24.3 Å². The molecule has 0 unspecified atom stereocenters. The Morgan fingerprint density at radius 3 is 2.50 bits per heavy atom. The number of imide groups is 1. The van der Waals surface area contributed by atoms with Crippen LogP contribution in [0.4, 0.5) is 11.4 Å². The van der Waals surface area contributed by atoms with Crippen molar-refractivity contribution in [2.45, 2.75) is 12.7 Å². The van der Waals surface area contributed by atoms with Gasteiger partial charge in [0.2, 0.25) is 0 Å². The van der Waals surface area contributed by atoms with Gasteiger partial charge in [-0.1, -0.05) is 11.6 Å². The van der Waals surface area contributed by atoms with Gasteiger partial charge in [-0.15, -0.1) is 0 Å². The molecule has 0 bridgehead atoms. The molecule has 2 aromatic rings. The van der Waals surface area contributed by atoms with Crippen LogP contribution in [0.2, 0.25) is 5.02 Å². The maximum absolute atomic E-state index is 12.6. The molecule has 0 aliphatic carbocycles. The number of carbonyl (C=O) groups excluding carboxylic acids is 2. The fraction of sp³-hybridized carbons (Fsp3) is 0.125. The number of nitrogens with two attached hydrogens (primary N) is 1. The van der Waals surface area contributed by atoms with Crippen LogP contribution in [0.25, 0.3) is 0 Å². The van der Waals surface area contributed by atoms with Crippen molar-refractivity contribution in [1.29, 1.82) is 0 Å². The van der Waals surface area contributed by atoms with Crippen LogP contribution < -0.4 is 10.6 Å². The van der Waals surface area contributed by atoms with Crippen LogP contribution in [-0.2, 0) is 5.75 Å². The minimum Gasteiger partial charge on any atom is -0.398 e. The first-order valence-corrected chi connectivity index (χ1v) is 7.64. The molecule has 112 valence electrons. The van der Waals surface area contributed by atoms with E-state index in [-0.39, 0.29) is 11.8 Å². The fourth-order valence-electron chi connectivity index (χ4n) is 2.65. The van der Waals surface area contributed by atoms with Crippen LogP contribution in [0.15, 0.2) is 30.3 Å². The minimum absolute atomic E-state index is 0.321. The van der Waals surface area contributed by atoms with E-state index >= 15 is 0 Å². The number of rotatable bonds is 2. The summed E-state index contributed by atoms with van der Waals surface area (Å²) in [5.74, 6) is -0.296. The van der Waals surface area contributed by atoms with Crippen molar-refractivity contribution in [2.75, 3.05) is 10.6 Å². The molecule has 0 atom stereocenters. The van der Waals surface area contributed by atoms with E-state index in [4.69, 9.17) is 17.3 Å². The largest absolute Gasteiger partial charge is 0.398 e. The van der Waals surface area contributed by atoms with Crippen LogP contribution in [0.5, 0.6) is 0 Å². The molecule has 1 aliphatic heterocycles. The van der Waals surface area contributed by atoms with E-state index < -0.39 is 0 Å². The van der Waals surface area contributed by atoms with Gasteiger partial charge >= 0.3 is 0 Å². The molecule has 0 aromatic heterocycles. The zero-order chi connectivity index (χ0) is 16.0. The molecule has 0 radical (unpaired) electrons. The number of hydrogen-bond acceptors (Lipinski definition) is 4. The highest BCUT2D eigenvalue weighted by Gasteiger charge is 2.37. The molecule has 0 saturated carbocycles. The predicted octanol–water partition coefficient (Wildman–Crippen LogP) is 3.46. The number of nitrogens with zero attached hydrogens (tertiary/aromatic N) is 1.